The molecule has 6 nitrogen and oxygen atoms in total. The van der Waals surface area contributed by atoms with Crippen LogP contribution in [0.5, 0.6) is 0 Å². The summed E-state index contributed by atoms with van der Waals surface area (Å²) in [5.74, 6) is -1.48. The molecule has 2 N–H and O–H groups in total. The van der Waals surface area contributed by atoms with E-state index in [1.165, 1.54) is 11.3 Å². The maximum atomic E-state index is 12.4. The van der Waals surface area contributed by atoms with Gasteiger partial charge in [0.05, 0.1) is 18.0 Å². The number of aromatic nitrogens is 2. The molecule has 0 saturated heterocycles. The van der Waals surface area contributed by atoms with Gasteiger partial charge in [0.2, 0.25) is 5.91 Å². The second-order valence-corrected chi connectivity index (χ2v) is 7.53. The zero-order chi connectivity index (χ0) is 18.4. The molecular formula is C19H23N3O3S. The summed E-state index contributed by atoms with van der Waals surface area (Å²) in [6.45, 7) is 0. The van der Waals surface area contributed by atoms with Gasteiger partial charge in [-0.3, -0.25) is 14.6 Å². The zero-order valence-corrected chi connectivity index (χ0v) is 15.4. The van der Waals surface area contributed by atoms with Crippen LogP contribution in [0.25, 0.3) is 10.6 Å². The standard InChI is InChI=1S/C19H23N3O3S/c23-17(22-16-8-4-2-1-3-7-15(16)19(24)25)10-14-12-26-18(21-14)13-6-5-9-20-11-13/h5-6,9,11-12,15-16H,1-4,7-8,10H2,(H,22,23)(H,24,25). The Morgan fingerprint density at radius 2 is 2.04 bits per heavy atom. The maximum absolute atomic E-state index is 12.4. The Bertz CT molecular complexity index is 747. The van der Waals surface area contributed by atoms with E-state index in [0.717, 1.165) is 42.7 Å². The Morgan fingerprint density at radius 3 is 2.77 bits per heavy atom. The number of nitrogens with one attached hydrogen (secondary N) is 1. The number of carboxylic acid groups (broad SMARTS) is 1. The van der Waals surface area contributed by atoms with Gasteiger partial charge in [-0.05, 0) is 25.0 Å². The van der Waals surface area contributed by atoms with Crippen LogP contribution in [0.4, 0.5) is 0 Å². The second-order valence-electron chi connectivity index (χ2n) is 6.67. The van der Waals surface area contributed by atoms with Gasteiger partial charge in [-0.25, -0.2) is 4.98 Å². The fraction of sp³-hybridized carbons (Fsp3) is 0.474. The van der Waals surface area contributed by atoms with Gasteiger partial charge in [0.1, 0.15) is 5.01 Å². The first-order valence-corrected chi connectivity index (χ1v) is 9.88. The minimum Gasteiger partial charge on any atom is -0.481 e. The van der Waals surface area contributed by atoms with Crippen LogP contribution in [-0.4, -0.2) is 33.0 Å². The van der Waals surface area contributed by atoms with E-state index in [0.29, 0.717) is 12.1 Å². The number of rotatable bonds is 5. The summed E-state index contributed by atoms with van der Waals surface area (Å²) in [5, 5.41) is 15.1. The van der Waals surface area contributed by atoms with Crippen molar-refractivity contribution in [1.29, 1.82) is 0 Å². The molecule has 0 radical (unpaired) electrons. The van der Waals surface area contributed by atoms with Crippen molar-refractivity contribution in [3.05, 3.63) is 35.6 Å². The van der Waals surface area contributed by atoms with Crippen molar-refractivity contribution >= 4 is 23.2 Å². The SMILES string of the molecule is O=C(Cc1csc(-c2cccnc2)n1)NC1CCCCCCC1C(=O)O. The van der Waals surface area contributed by atoms with Crippen molar-refractivity contribution in [2.24, 2.45) is 5.92 Å². The van der Waals surface area contributed by atoms with E-state index in [-0.39, 0.29) is 18.4 Å². The highest BCUT2D eigenvalue weighted by Crippen LogP contribution is 2.25. The number of nitrogens with zero attached hydrogens (tertiary/aromatic N) is 2. The predicted octanol–water partition coefficient (Wildman–Crippen LogP) is 3.29. The van der Waals surface area contributed by atoms with E-state index in [2.05, 4.69) is 15.3 Å². The lowest BCUT2D eigenvalue weighted by molar-refractivity contribution is -0.143. The molecule has 1 fully saturated rings. The Hall–Kier alpha value is -2.28. The number of hydrogen-bond acceptors (Lipinski definition) is 5. The number of carboxylic acids is 1. The Morgan fingerprint density at radius 1 is 1.23 bits per heavy atom. The molecule has 2 unspecified atom stereocenters. The third-order valence-electron chi connectivity index (χ3n) is 4.73. The molecular weight excluding hydrogens is 350 g/mol. The van der Waals surface area contributed by atoms with E-state index in [1.807, 2.05) is 17.5 Å². The number of thiazole rings is 1. The van der Waals surface area contributed by atoms with Crippen molar-refractivity contribution in [2.45, 2.75) is 51.0 Å². The van der Waals surface area contributed by atoms with Crippen LogP contribution < -0.4 is 5.32 Å². The lowest BCUT2D eigenvalue weighted by atomic mass is 9.86. The maximum Gasteiger partial charge on any atom is 0.308 e. The summed E-state index contributed by atoms with van der Waals surface area (Å²) in [4.78, 5) is 32.6. The van der Waals surface area contributed by atoms with Crippen molar-refractivity contribution < 1.29 is 14.7 Å². The topological polar surface area (TPSA) is 92.2 Å². The number of hydrogen-bond donors (Lipinski definition) is 2. The van der Waals surface area contributed by atoms with Crippen LogP contribution in [0.3, 0.4) is 0 Å². The molecule has 2 atom stereocenters. The predicted molar refractivity (Wildman–Crippen MR) is 99.8 cm³/mol. The molecule has 0 aliphatic heterocycles. The summed E-state index contributed by atoms with van der Waals surface area (Å²) in [7, 11) is 0. The van der Waals surface area contributed by atoms with Gasteiger partial charge in [0, 0.05) is 29.4 Å². The monoisotopic (exact) mass is 373 g/mol. The van der Waals surface area contributed by atoms with Gasteiger partial charge in [-0.15, -0.1) is 11.3 Å². The number of aliphatic carboxylic acids is 1. The van der Waals surface area contributed by atoms with Crippen LogP contribution in [0.15, 0.2) is 29.9 Å². The highest BCUT2D eigenvalue weighted by molar-refractivity contribution is 7.13. The first kappa shape index (κ1) is 18.5. The lowest BCUT2D eigenvalue weighted by Crippen LogP contribution is -2.44. The largest absolute Gasteiger partial charge is 0.481 e. The van der Waals surface area contributed by atoms with Gasteiger partial charge in [-0.2, -0.15) is 0 Å². The molecule has 0 aromatic carbocycles. The van der Waals surface area contributed by atoms with Gasteiger partial charge in [-0.1, -0.05) is 25.7 Å². The summed E-state index contributed by atoms with van der Waals surface area (Å²) in [6.07, 6.45) is 9.00. The fourth-order valence-electron chi connectivity index (χ4n) is 3.39. The molecule has 1 saturated carbocycles. The van der Waals surface area contributed by atoms with Crippen LogP contribution in [-0.2, 0) is 16.0 Å². The van der Waals surface area contributed by atoms with Gasteiger partial charge in [0.15, 0.2) is 0 Å². The van der Waals surface area contributed by atoms with Crippen LogP contribution in [0, 0.1) is 5.92 Å². The normalized spacial score (nSPS) is 20.8. The quantitative estimate of drug-likeness (QED) is 0.839. The van der Waals surface area contributed by atoms with Gasteiger partial charge in [0.25, 0.3) is 0 Å². The Kier molecular flexibility index (Phi) is 6.33. The smallest absolute Gasteiger partial charge is 0.308 e. The van der Waals surface area contributed by atoms with Crippen molar-refractivity contribution in [1.82, 2.24) is 15.3 Å². The molecule has 2 aromatic heterocycles. The second kappa shape index (κ2) is 8.89. The van der Waals surface area contributed by atoms with Crippen LogP contribution in [0.2, 0.25) is 0 Å². The van der Waals surface area contributed by atoms with Crippen molar-refractivity contribution in [3.63, 3.8) is 0 Å². The molecule has 138 valence electrons. The number of amides is 1. The third kappa shape index (κ3) is 4.88. The molecule has 3 rings (SSSR count). The van der Waals surface area contributed by atoms with Crippen LogP contribution in [0.1, 0.15) is 44.2 Å². The van der Waals surface area contributed by atoms with E-state index in [4.69, 9.17) is 0 Å². The third-order valence-corrected chi connectivity index (χ3v) is 5.67. The molecule has 2 aromatic rings. The summed E-state index contributed by atoms with van der Waals surface area (Å²) < 4.78 is 0. The molecule has 0 bridgehead atoms. The van der Waals surface area contributed by atoms with Gasteiger partial charge >= 0.3 is 5.97 Å². The summed E-state index contributed by atoms with van der Waals surface area (Å²) >= 11 is 1.48. The summed E-state index contributed by atoms with van der Waals surface area (Å²) in [5.41, 5.74) is 1.62. The lowest BCUT2D eigenvalue weighted by Gasteiger charge is -2.27. The molecule has 0 spiro atoms. The number of carbonyl (C=O) groups is 2. The Balaban J connectivity index is 1.62. The first-order valence-electron chi connectivity index (χ1n) is 9.00. The highest BCUT2D eigenvalue weighted by Gasteiger charge is 2.29. The first-order chi connectivity index (χ1) is 12.6. The average Bonchev–Trinajstić information content (AvgIpc) is 3.06. The molecule has 1 aliphatic rings. The van der Waals surface area contributed by atoms with Crippen molar-refractivity contribution in [2.75, 3.05) is 0 Å². The van der Waals surface area contributed by atoms with E-state index in [9.17, 15) is 14.7 Å². The summed E-state index contributed by atoms with van der Waals surface area (Å²) in [6, 6.07) is 3.49. The van der Waals surface area contributed by atoms with Crippen LogP contribution >= 0.6 is 11.3 Å². The molecule has 26 heavy (non-hydrogen) atoms. The molecule has 7 heteroatoms. The minimum absolute atomic E-state index is 0.162. The minimum atomic E-state index is -0.815. The van der Waals surface area contributed by atoms with Crippen molar-refractivity contribution in [3.8, 4) is 10.6 Å². The number of pyridine rings is 1. The number of carbonyl (C=O) groups excluding carboxylic acids is 1. The molecule has 1 aliphatic carbocycles. The van der Waals surface area contributed by atoms with E-state index < -0.39 is 11.9 Å². The Labute approximate surface area is 156 Å². The van der Waals surface area contributed by atoms with Gasteiger partial charge < -0.3 is 10.4 Å². The average molecular weight is 373 g/mol. The fourth-order valence-corrected chi connectivity index (χ4v) is 4.20. The molecule has 2 heterocycles. The van der Waals surface area contributed by atoms with E-state index >= 15 is 0 Å². The van der Waals surface area contributed by atoms with E-state index in [1.54, 1.807) is 12.4 Å². The highest BCUT2D eigenvalue weighted by atomic mass is 32.1. The molecule has 1 amide bonds. The zero-order valence-electron chi connectivity index (χ0n) is 14.6.